The second-order valence-electron chi connectivity index (χ2n) is 4.98. The molecule has 1 fully saturated rings. The van der Waals surface area contributed by atoms with Crippen molar-refractivity contribution in [1.29, 1.82) is 0 Å². The molecule has 5 heteroatoms. The fourth-order valence-electron chi connectivity index (χ4n) is 2.75. The number of Topliss-reactive ketones (excluding diaryl/α,β-unsaturated/α-hetero) is 1. The highest BCUT2D eigenvalue weighted by Gasteiger charge is 2.34. The molecule has 1 aliphatic carbocycles. The van der Waals surface area contributed by atoms with Gasteiger partial charge in [-0.05, 0) is 38.0 Å². The first kappa shape index (κ1) is 13.7. The van der Waals surface area contributed by atoms with E-state index in [1.807, 2.05) is 0 Å². The van der Waals surface area contributed by atoms with Crippen LogP contribution >= 0.6 is 0 Å². The Hall–Kier alpha value is -1.39. The zero-order chi connectivity index (χ0) is 13.0. The van der Waals surface area contributed by atoms with Crippen LogP contribution in [0.5, 0.6) is 0 Å². The number of ketones is 1. The summed E-state index contributed by atoms with van der Waals surface area (Å²) >= 11 is 0. The van der Waals surface area contributed by atoms with Gasteiger partial charge in [-0.3, -0.25) is 9.59 Å². The first-order chi connectivity index (χ1) is 7.88. The van der Waals surface area contributed by atoms with Crippen LogP contribution in [0.15, 0.2) is 0 Å². The maximum absolute atomic E-state index is 11.1. The molecular weight excluding hydrogens is 224 g/mol. The van der Waals surface area contributed by atoms with Crippen molar-refractivity contribution in [3.63, 3.8) is 0 Å². The quantitative estimate of drug-likeness (QED) is 0.763. The molecule has 1 aliphatic rings. The van der Waals surface area contributed by atoms with Crippen LogP contribution in [-0.4, -0.2) is 27.9 Å². The molecule has 96 valence electrons. The van der Waals surface area contributed by atoms with Crippen LogP contribution < -0.4 is 0 Å². The van der Waals surface area contributed by atoms with E-state index in [0.29, 0.717) is 25.7 Å². The number of carbonyl (C=O) groups excluding carboxylic acids is 1. The van der Waals surface area contributed by atoms with Gasteiger partial charge in [0.05, 0.1) is 5.92 Å². The first-order valence-electron chi connectivity index (χ1n) is 5.82. The van der Waals surface area contributed by atoms with E-state index in [1.165, 1.54) is 6.92 Å². The highest BCUT2D eigenvalue weighted by Crippen LogP contribution is 2.37. The van der Waals surface area contributed by atoms with Gasteiger partial charge in [-0.2, -0.15) is 0 Å². The van der Waals surface area contributed by atoms with Gasteiger partial charge in [0.25, 0.3) is 0 Å². The summed E-state index contributed by atoms with van der Waals surface area (Å²) in [4.78, 5) is 32.7. The third-order valence-electron chi connectivity index (χ3n) is 3.29. The minimum Gasteiger partial charge on any atom is -0.481 e. The van der Waals surface area contributed by atoms with Crippen LogP contribution in [0, 0.1) is 17.8 Å². The van der Waals surface area contributed by atoms with E-state index in [9.17, 15) is 14.4 Å². The molecule has 3 unspecified atom stereocenters. The molecule has 0 saturated heterocycles. The Bertz CT molecular complexity index is 299. The molecule has 0 spiro atoms. The van der Waals surface area contributed by atoms with Gasteiger partial charge in [0, 0.05) is 12.8 Å². The van der Waals surface area contributed by atoms with E-state index < -0.39 is 17.9 Å². The van der Waals surface area contributed by atoms with Crippen molar-refractivity contribution in [2.75, 3.05) is 0 Å². The van der Waals surface area contributed by atoms with Gasteiger partial charge < -0.3 is 15.0 Å². The molecule has 0 aromatic carbocycles. The summed E-state index contributed by atoms with van der Waals surface area (Å²) in [6, 6.07) is 0. The number of rotatable bonds is 5. The van der Waals surface area contributed by atoms with Gasteiger partial charge in [0.15, 0.2) is 0 Å². The van der Waals surface area contributed by atoms with E-state index in [4.69, 9.17) is 10.2 Å². The third-order valence-corrected chi connectivity index (χ3v) is 3.29. The molecule has 1 rings (SSSR count). The monoisotopic (exact) mass is 242 g/mol. The Labute approximate surface area is 99.8 Å². The molecule has 0 bridgehead atoms. The fourth-order valence-corrected chi connectivity index (χ4v) is 2.75. The van der Waals surface area contributed by atoms with E-state index in [0.717, 1.165) is 0 Å². The summed E-state index contributed by atoms with van der Waals surface area (Å²) < 4.78 is 0. The zero-order valence-electron chi connectivity index (χ0n) is 9.89. The minimum atomic E-state index is -0.900. The molecule has 0 aliphatic heterocycles. The third kappa shape index (κ3) is 4.54. The molecule has 0 radical (unpaired) electrons. The molecule has 0 aromatic rings. The lowest BCUT2D eigenvalue weighted by Gasteiger charge is -2.31. The molecule has 5 nitrogen and oxygen atoms in total. The number of carbonyl (C=O) groups is 3. The van der Waals surface area contributed by atoms with Crippen LogP contribution in [0.1, 0.15) is 39.0 Å². The van der Waals surface area contributed by atoms with Crippen molar-refractivity contribution in [2.45, 2.75) is 39.0 Å². The Morgan fingerprint density at radius 3 is 1.94 bits per heavy atom. The van der Waals surface area contributed by atoms with E-state index in [2.05, 4.69) is 0 Å². The average molecular weight is 242 g/mol. The predicted molar refractivity (Wildman–Crippen MR) is 59.5 cm³/mol. The largest absolute Gasteiger partial charge is 0.481 e. The van der Waals surface area contributed by atoms with Gasteiger partial charge in [-0.1, -0.05) is 0 Å². The van der Waals surface area contributed by atoms with Crippen molar-refractivity contribution < 1.29 is 24.6 Å². The van der Waals surface area contributed by atoms with Gasteiger partial charge in [-0.15, -0.1) is 0 Å². The normalized spacial score (nSPS) is 28.6. The lowest BCUT2D eigenvalue weighted by atomic mass is 9.72. The molecule has 17 heavy (non-hydrogen) atoms. The summed E-state index contributed by atoms with van der Waals surface area (Å²) in [5, 5.41) is 17.8. The maximum Gasteiger partial charge on any atom is 0.306 e. The highest BCUT2D eigenvalue weighted by molar-refractivity contribution is 5.76. The number of carboxylic acids is 2. The fraction of sp³-hybridized carbons (Fsp3) is 0.750. The zero-order valence-corrected chi connectivity index (χ0v) is 9.89. The molecule has 0 aromatic heterocycles. The van der Waals surface area contributed by atoms with Crippen LogP contribution in [-0.2, 0) is 14.4 Å². The molecule has 0 amide bonds. The van der Waals surface area contributed by atoms with Crippen LogP contribution in [0.25, 0.3) is 0 Å². The standard InChI is InChI=1S/C12H18O5/c1-7(13)2-8-3-9(6-11(14)15)5-10(4-8)12(16)17/h8-10H,2-6H2,1H3,(H,14,15)(H,16,17). The van der Waals surface area contributed by atoms with Gasteiger partial charge >= 0.3 is 11.9 Å². The van der Waals surface area contributed by atoms with E-state index >= 15 is 0 Å². The lowest BCUT2D eigenvalue weighted by Crippen LogP contribution is -2.30. The molecule has 2 N–H and O–H groups in total. The molecule has 0 heterocycles. The summed E-state index contributed by atoms with van der Waals surface area (Å²) in [6.45, 7) is 1.48. The summed E-state index contributed by atoms with van der Waals surface area (Å²) in [6.07, 6.45) is 1.91. The average Bonchev–Trinajstić information content (AvgIpc) is 2.14. The Morgan fingerprint density at radius 1 is 1.00 bits per heavy atom. The van der Waals surface area contributed by atoms with Crippen molar-refractivity contribution in [1.82, 2.24) is 0 Å². The summed E-state index contributed by atoms with van der Waals surface area (Å²) in [5.41, 5.74) is 0. The Morgan fingerprint density at radius 2 is 1.53 bits per heavy atom. The van der Waals surface area contributed by atoms with Gasteiger partial charge in [-0.25, -0.2) is 0 Å². The number of carboxylic acid groups (broad SMARTS) is 2. The lowest BCUT2D eigenvalue weighted by molar-refractivity contribution is -0.146. The molecular formula is C12H18O5. The van der Waals surface area contributed by atoms with Gasteiger partial charge in [0.1, 0.15) is 5.78 Å². The number of hydrogen-bond acceptors (Lipinski definition) is 3. The minimum absolute atomic E-state index is 0.00180. The Balaban J connectivity index is 2.65. The van der Waals surface area contributed by atoms with Crippen molar-refractivity contribution in [2.24, 2.45) is 17.8 Å². The van der Waals surface area contributed by atoms with Crippen molar-refractivity contribution in [3.05, 3.63) is 0 Å². The molecule has 3 atom stereocenters. The van der Waals surface area contributed by atoms with Crippen molar-refractivity contribution >= 4 is 17.7 Å². The van der Waals surface area contributed by atoms with Gasteiger partial charge in [0.2, 0.25) is 0 Å². The van der Waals surface area contributed by atoms with Crippen LogP contribution in [0.3, 0.4) is 0 Å². The highest BCUT2D eigenvalue weighted by atomic mass is 16.4. The second kappa shape index (κ2) is 5.80. The smallest absolute Gasteiger partial charge is 0.306 e. The second-order valence-corrected chi connectivity index (χ2v) is 4.98. The van der Waals surface area contributed by atoms with Crippen LogP contribution in [0.4, 0.5) is 0 Å². The summed E-state index contributed by atoms with van der Waals surface area (Å²) in [5.74, 6) is -2.35. The predicted octanol–water partition coefficient (Wildman–Crippen LogP) is 1.56. The maximum atomic E-state index is 11.1. The first-order valence-corrected chi connectivity index (χ1v) is 5.82. The van der Waals surface area contributed by atoms with E-state index in [1.54, 1.807) is 0 Å². The number of aliphatic carboxylic acids is 2. The summed E-state index contributed by atoms with van der Waals surface area (Å²) in [7, 11) is 0. The van der Waals surface area contributed by atoms with Crippen molar-refractivity contribution in [3.8, 4) is 0 Å². The van der Waals surface area contributed by atoms with Crippen LogP contribution in [0.2, 0.25) is 0 Å². The molecule has 1 saturated carbocycles. The number of hydrogen-bond donors (Lipinski definition) is 2. The van der Waals surface area contributed by atoms with E-state index in [-0.39, 0.29) is 24.0 Å². The SMILES string of the molecule is CC(=O)CC1CC(CC(=O)O)CC(C(=O)O)C1. The Kier molecular flexibility index (Phi) is 4.66. The topological polar surface area (TPSA) is 91.7 Å².